The zero-order valence-corrected chi connectivity index (χ0v) is 24.9. The molecule has 1 aliphatic carbocycles. The Bertz CT molecular complexity index is 1740. The molecule has 1 saturated heterocycles. The third-order valence-electron chi connectivity index (χ3n) is 9.06. The topological polar surface area (TPSA) is 147 Å². The van der Waals surface area contributed by atoms with Crippen molar-refractivity contribution in [3.8, 4) is 23.4 Å². The van der Waals surface area contributed by atoms with Crippen molar-refractivity contribution in [3.05, 3.63) is 71.7 Å². The van der Waals surface area contributed by atoms with Gasteiger partial charge in [0.25, 0.3) is 0 Å². The number of halogens is 2. The number of aromatic nitrogens is 4. The zero-order valence-electron chi connectivity index (χ0n) is 24.9. The molecule has 4 aromatic rings. The van der Waals surface area contributed by atoms with Gasteiger partial charge in [-0.25, -0.2) is 13.8 Å². The van der Waals surface area contributed by atoms with Crippen LogP contribution in [0.3, 0.4) is 0 Å². The molecule has 1 saturated carbocycles. The molecule has 0 spiro atoms. The number of rotatable bonds is 8. The first-order valence-corrected chi connectivity index (χ1v) is 15.1. The number of pyridine rings is 1. The molecule has 2 fully saturated rings. The largest absolute Gasteiger partial charge is 0.381 e. The Balaban J connectivity index is 1.28. The van der Waals surface area contributed by atoms with Gasteiger partial charge < -0.3 is 20.5 Å². The van der Waals surface area contributed by atoms with E-state index in [4.69, 9.17) is 20.5 Å². The summed E-state index contributed by atoms with van der Waals surface area (Å²) in [5, 5.41) is 26.6. The molecule has 3 aromatic heterocycles. The Hall–Kier alpha value is -4.49. The Labute approximate surface area is 259 Å². The summed E-state index contributed by atoms with van der Waals surface area (Å²) in [4.78, 5) is 8.81. The number of nitrogens with one attached hydrogen (secondary N) is 1. The second kappa shape index (κ2) is 12.9. The maximum atomic E-state index is 15.6. The minimum atomic E-state index is -0.996. The molecule has 4 atom stereocenters. The smallest absolute Gasteiger partial charge is 0.229 e. The van der Waals surface area contributed by atoms with E-state index in [1.165, 1.54) is 16.6 Å². The fraction of sp³-hybridized carbons (Fsp3) is 0.424. The van der Waals surface area contributed by atoms with Crippen LogP contribution < -0.4 is 11.1 Å². The summed E-state index contributed by atoms with van der Waals surface area (Å²) in [5.41, 5.74) is 8.04. The van der Waals surface area contributed by atoms with Gasteiger partial charge in [-0.1, -0.05) is 6.92 Å². The second-order valence-electron chi connectivity index (χ2n) is 11.9. The molecule has 4 heterocycles. The van der Waals surface area contributed by atoms with Crippen LogP contribution in [-0.4, -0.2) is 51.5 Å². The number of nitrogens with two attached hydrogens (primary N) is 1. The monoisotopic (exact) mass is 612 g/mol. The molecular weight excluding hydrogens is 578 g/mol. The van der Waals surface area contributed by atoms with Crippen molar-refractivity contribution >= 4 is 17.2 Å². The van der Waals surface area contributed by atoms with Crippen molar-refractivity contribution in [1.82, 2.24) is 19.6 Å². The van der Waals surface area contributed by atoms with E-state index in [0.29, 0.717) is 62.5 Å². The minimum Gasteiger partial charge on any atom is -0.381 e. The number of hydrogen-bond acceptors (Lipinski definition) is 9. The SMILES string of the molecule is CC1CC(c2ccncc2Nc2ncc3ccc(-c4c(F)cc(C5(C#N)CCOCC5)cc4F)nn23)CC(N)C1OCCC#N. The van der Waals surface area contributed by atoms with Crippen LogP contribution in [0.15, 0.2) is 48.9 Å². The van der Waals surface area contributed by atoms with Gasteiger partial charge in [0.05, 0.1) is 71.5 Å². The van der Waals surface area contributed by atoms with E-state index in [9.17, 15) is 5.26 Å². The lowest BCUT2D eigenvalue weighted by Gasteiger charge is -2.39. The van der Waals surface area contributed by atoms with Gasteiger partial charge in [0.1, 0.15) is 11.6 Å². The summed E-state index contributed by atoms with van der Waals surface area (Å²) in [7, 11) is 0. The van der Waals surface area contributed by atoms with E-state index in [1.807, 2.05) is 6.07 Å². The first-order valence-electron chi connectivity index (χ1n) is 15.1. The number of nitriles is 2. The number of benzene rings is 1. The van der Waals surface area contributed by atoms with Crippen LogP contribution in [-0.2, 0) is 14.9 Å². The van der Waals surface area contributed by atoms with Crippen LogP contribution >= 0.6 is 0 Å². The average molecular weight is 613 g/mol. The number of nitrogens with zero attached hydrogens (tertiary/aromatic N) is 6. The van der Waals surface area contributed by atoms with Crippen LogP contribution in [0.5, 0.6) is 0 Å². The first-order chi connectivity index (χ1) is 21.8. The molecule has 1 aromatic carbocycles. The van der Waals surface area contributed by atoms with Gasteiger partial charge in [0.15, 0.2) is 0 Å². The van der Waals surface area contributed by atoms with Crippen molar-refractivity contribution < 1.29 is 18.3 Å². The van der Waals surface area contributed by atoms with Gasteiger partial charge in [-0.15, -0.1) is 0 Å². The standard InChI is InChI=1S/C33H34F2N8O2/c1-20-13-21(14-27(38)31(20)45-10-2-8-36)24-5-9-39-18-29(24)41-32-40-17-23-3-4-28(42-43(23)32)30-25(34)15-22(16-26(30)35)33(19-37)6-11-44-12-7-33/h3-5,9,15-18,20-21,27,31H,2,6-7,10-14,38H2,1H3,(H,40,41). The van der Waals surface area contributed by atoms with E-state index in [0.717, 1.165) is 17.7 Å². The summed E-state index contributed by atoms with van der Waals surface area (Å²) < 4.78 is 43.9. The Morgan fingerprint density at radius 2 is 1.91 bits per heavy atom. The van der Waals surface area contributed by atoms with Crippen molar-refractivity contribution in [2.45, 2.75) is 62.5 Å². The van der Waals surface area contributed by atoms with Crippen LogP contribution in [0.2, 0.25) is 0 Å². The van der Waals surface area contributed by atoms with E-state index >= 15 is 8.78 Å². The van der Waals surface area contributed by atoms with Crippen LogP contribution in [0, 0.1) is 40.2 Å². The van der Waals surface area contributed by atoms with Crippen LogP contribution in [0.4, 0.5) is 20.4 Å². The Morgan fingerprint density at radius 3 is 2.62 bits per heavy atom. The molecule has 4 unspecified atom stereocenters. The highest BCUT2D eigenvalue weighted by atomic mass is 19.1. The third-order valence-corrected chi connectivity index (χ3v) is 9.06. The molecular formula is C33H34F2N8O2. The Morgan fingerprint density at radius 1 is 1.13 bits per heavy atom. The molecule has 0 amide bonds. The fourth-order valence-corrected chi connectivity index (χ4v) is 6.71. The van der Waals surface area contributed by atoms with Crippen molar-refractivity contribution in [1.29, 1.82) is 10.5 Å². The predicted octanol–water partition coefficient (Wildman–Crippen LogP) is 5.52. The van der Waals surface area contributed by atoms with E-state index < -0.39 is 17.0 Å². The lowest BCUT2D eigenvalue weighted by Crippen LogP contribution is -2.46. The van der Waals surface area contributed by atoms with Gasteiger partial charge in [0.2, 0.25) is 5.95 Å². The number of anilines is 2. The molecule has 3 N–H and O–H groups in total. The Kier molecular flexibility index (Phi) is 8.72. The predicted molar refractivity (Wildman–Crippen MR) is 162 cm³/mol. The van der Waals surface area contributed by atoms with Gasteiger partial charge in [-0.3, -0.25) is 4.98 Å². The van der Waals surface area contributed by atoms with E-state index in [-0.39, 0.29) is 35.2 Å². The first kappa shape index (κ1) is 30.5. The third kappa shape index (κ3) is 5.97. The molecule has 0 radical (unpaired) electrons. The number of hydrogen-bond donors (Lipinski definition) is 2. The normalized spacial score (nSPS) is 22.9. The fourth-order valence-electron chi connectivity index (χ4n) is 6.71. The lowest BCUT2D eigenvalue weighted by molar-refractivity contribution is -0.0198. The molecule has 12 heteroatoms. The van der Waals surface area contributed by atoms with E-state index in [1.54, 1.807) is 30.7 Å². The number of fused-ring (bicyclic) bond motifs is 1. The summed E-state index contributed by atoms with van der Waals surface area (Å²) in [6.45, 7) is 3.19. The minimum absolute atomic E-state index is 0.0870. The molecule has 6 rings (SSSR count). The molecule has 1 aliphatic heterocycles. The average Bonchev–Trinajstić information content (AvgIpc) is 3.44. The summed E-state index contributed by atoms with van der Waals surface area (Å²) >= 11 is 0. The molecule has 2 aliphatic rings. The summed E-state index contributed by atoms with van der Waals surface area (Å²) in [6, 6.07) is 11.9. The summed E-state index contributed by atoms with van der Waals surface area (Å²) in [6.07, 6.45) is 7.54. The van der Waals surface area contributed by atoms with Gasteiger partial charge in [-0.05, 0) is 79.0 Å². The molecule has 10 nitrogen and oxygen atoms in total. The van der Waals surface area contributed by atoms with Crippen LogP contribution in [0.25, 0.3) is 16.8 Å². The number of ether oxygens (including phenoxy) is 2. The second-order valence-corrected chi connectivity index (χ2v) is 11.9. The molecule has 232 valence electrons. The maximum absolute atomic E-state index is 15.6. The maximum Gasteiger partial charge on any atom is 0.229 e. The lowest BCUT2D eigenvalue weighted by atomic mass is 9.74. The summed E-state index contributed by atoms with van der Waals surface area (Å²) in [5.74, 6) is -0.921. The highest BCUT2D eigenvalue weighted by Gasteiger charge is 2.37. The van der Waals surface area contributed by atoms with Crippen molar-refractivity contribution in [2.75, 3.05) is 25.1 Å². The van der Waals surface area contributed by atoms with Gasteiger partial charge in [0, 0.05) is 25.5 Å². The highest BCUT2D eigenvalue weighted by molar-refractivity contribution is 5.66. The highest BCUT2D eigenvalue weighted by Crippen LogP contribution is 2.41. The van der Waals surface area contributed by atoms with Crippen LogP contribution in [0.1, 0.15) is 56.1 Å². The van der Waals surface area contributed by atoms with E-state index in [2.05, 4.69) is 39.4 Å². The quantitative estimate of drug-likeness (QED) is 0.245. The number of imidazole rings is 1. The van der Waals surface area contributed by atoms with Crippen molar-refractivity contribution in [3.63, 3.8) is 0 Å². The van der Waals surface area contributed by atoms with Gasteiger partial charge >= 0.3 is 0 Å². The van der Waals surface area contributed by atoms with Crippen molar-refractivity contribution in [2.24, 2.45) is 11.7 Å². The zero-order chi connectivity index (χ0) is 31.6. The molecule has 0 bridgehead atoms. The molecule has 45 heavy (non-hydrogen) atoms. The van der Waals surface area contributed by atoms with Gasteiger partial charge in [-0.2, -0.15) is 20.1 Å².